The van der Waals surface area contributed by atoms with E-state index >= 15 is 0 Å². The smallest absolute Gasteiger partial charge is 0.0710 e. The first kappa shape index (κ1) is 12.6. The summed E-state index contributed by atoms with van der Waals surface area (Å²) in [5.74, 6) is 0. The molecule has 1 aromatic rings. The lowest BCUT2D eigenvalue weighted by Gasteiger charge is -2.20. The third-order valence-corrected chi connectivity index (χ3v) is 3.40. The average Bonchev–Trinajstić information content (AvgIpc) is 2.78. The lowest BCUT2D eigenvalue weighted by atomic mass is 10.1. The first-order chi connectivity index (χ1) is 8.28. The van der Waals surface area contributed by atoms with Crippen LogP contribution in [0, 0.1) is 0 Å². The molecule has 0 amide bonds. The van der Waals surface area contributed by atoms with Gasteiger partial charge in [0, 0.05) is 32.8 Å². The molecule has 17 heavy (non-hydrogen) atoms. The minimum absolute atomic E-state index is 0.216. The zero-order valence-corrected chi connectivity index (χ0v) is 10.5. The molecule has 1 aromatic carbocycles. The van der Waals surface area contributed by atoms with Crippen molar-refractivity contribution in [1.29, 1.82) is 0 Å². The minimum Gasteiger partial charge on any atom is -0.380 e. The van der Waals surface area contributed by atoms with E-state index in [1.165, 1.54) is 5.56 Å². The van der Waals surface area contributed by atoms with E-state index in [0.717, 1.165) is 32.5 Å². The van der Waals surface area contributed by atoms with Crippen molar-refractivity contribution in [1.82, 2.24) is 4.90 Å². The van der Waals surface area contributed by atoms with Crippen LogP contribution in [0.25, 0.3) is 0 Å². The number of ether oxygens (including phenoxy) is 1. The maximum atomic E-state index is 6.19. The summed E-state index contributed by atoms with van der Waals surface area (Å²) in [7, 11) is 1.79. The predicted molar refractivity (Wildman–Crippen MR) is 70.0 cm³/mol. The van der Waals surface area contributed by atoms with E-state index in [4.69, 9.17) is 10.5 Å². The summed E-state index contributed by atoms with van der Waals surface area (Å²) in [6.45, 7) is 3.11. The lowest BCUT2D eigenvalue weighted by molar-refractivity contribution is 0.107. The van der Waals surface area contributed by atoms with E-state index in [-0.39, 0.29) is 6.04 Å². The van der Waals surface area contributed by atoms with E-state index in [1.54, 1.807) is 7.11 Å². The second kappa shape index (κ2) is 6.15. The maximum Gasteiger partial charge on any atom is 0.0710 e. The largest absolute Gasteiger partial charge is 0.380 e. The van der Waals surface area contributed by atoms with Crippen LogP contribution in [0.4, 0.5) is 0 Å². The van der Waals surface area contributed by atoms with Crippen molar-refractivity contribution in [3.05, 3.63) is 35.9 Å². The lowest BCUT2D eigenvalue weighted by Crippen LogP contribution is -2.38. The Morgan fingerprint density at radius 3 is 2.82 bits per heavy atom. The molecule has 0 bridgehead atoms. The number of hydrogen-bond donors (Lipinski definition) is 1. The average molecular weight is 234 g/mol. The highest BCUT2D eigenvalue weighted by Crippen LogP contribution is 2.12. The monoisotopic (exact) mass is 234 g/mol. The van der Waals surface area contributed by atoms with Gasteiger partial charge in [-0.3, -0.25) is 4.90 Å². The van der Waals surface area contributed by atoms with Crippen LogP contribution in [-0.4, -0.2) is 43.8 Å². The van der Waals surface area contributed by atoms with Gasteiger partial charge in [0.05, 0.1) is 6.10 Å². The topological polar surface area (TPSA) is 38.5 Å². The first-order valence-electron chi connectivity index (χ1n) is 6.32. The molecule has 0 aromatic heterocycles. The van der Waals surface area contributed by atoms with Crippen molar-refractivity contribution in [3.8, 4) is 0 Å². The number of likely N-dealkylation sites (tertiary alicyclic amines) is 1. The van der Waals surface area contributed by atoms with E-state index in [1.807, 2.05) is 6.07 Å². The van der Waals surface area contributed by atoms with Crippen molar-refractivity contribution < 1.29 is 4.74 Å². The molecule has 1 aliphatic heterocycles. The standard InChI is InChI=1S/C14H22N2O/c1-17-14-7-8-16(11-14)10-13(15)9-12-5-3-2-4-6-12/h2-6,13-14H,7-11,15H2,1H3/t13-,14?/m1/s1. The fourth-order valence-electron chi connectivity index (χ4n) is 2.47. The highest BCUT2D eigenvalue weighted by Gasteiger charge is 2.23. The summed E-state index contributed by atoms with van der Waals surface area (Å²) in [4.78, 5) is 2.40. The van der Waals surface area contributed by atoms with Crippen LogP contribution in [0.2, 0.25) is 0 Å². The van der Waals surface area contributed by atoms with Crippen molar-refractivity contribution in [2.75, 3.05) is 26.7 Å². The van der Waals surface area contributed by atoms with E-state index in [0.29, 0.717) is 6.10 Å². The molecule has 0 radical (unpaired) electrons. The third kappa shape index (κ3) is 3.80. The maximum absolute atomic E-state index is 6.19. The number of hydrogen-bond acceptors (Lipinski definition) is 3. The molecule has 2 atom stereocenters. The zero-order valence-electron chi connectivity index (χ0n) is 10.5. The molecule has 1 aliphatic rings. The van der Waals surface area contributed by atoms with Gasteiger partial charge in [0.2, 0.25) is 0 Å². The summed E-state index contributed by atoms with van der Waals surface area (Å²) in [5.41, 5.74) is 7.51. The zero-order chi connectivity index (χ0) is 12.1. The van der Waals surface area contributed by atoms with Crippen LogP contribution in [-0.2, 0) is 11.2 Å². The van der Waals surface area contributed by atoms with Gasteiger partial charge < -0.3 is 10.5 Å². The normalized spacial score (nSPS) is 22.8. The van der Waals surface area contributed by atoms with Crippen LogP contribution in [0.5, 0.6) is 0 Å². The molecule has 94 valence electrons. The highest BCUT2D eigenvalue weighted by atomic mass is 16.5. The Balaban J connectivity index is 1.76. The Hall–Kier alpha value is -0.900. The molecule has 2 N–H and O–H groups in total. The van der Waals surface area contributed by atoms with E-state index in [9.17, 15) is 0 Å². The molecule has 1 fully saturated rings. The van der Waals surface area contributed by atoms with Crippen LogP contribution in [0.1, 0.15) is 12.0 Å². The summed E-state index contributed by atoms with van der Waals surface area (Å²) >= 11 is 0. The van der Waals surface area contributed by atoms with E-state index < -0.39 is 0 Å². The van der Waals surface area contributed by atoms with Gasteiger partial charge in [0.15, 0.2) is 0 Å². The van der Waals surface area contributed by atoms with Crippen LogP contribution >= 0.6 is 0 Å². The molecule has 0 saturated carbocycles. The summed E-state index contributed by atoms with van der Waals surface area (Å²) in [5, 5.41) is 0. The molecular formula is C14H22N2O. The van der Waals surface area contributed by atoms with Gasteiger partial charge in [-0.2, -0.15) is 0 Å². The van der Waals surface area contributed by atoms with Gasteiger partial charge in [0.1, 0.15) is 0 Å². The van der Waals surface area contributed by atoms with Gasteiger partial charge in [-0.15, -0.1) is 0 Å². The molecule has 2 rings (SSSR count). The van der Waals surface area contributed by atoms with Gasteiger partial charge in [-0.05, 0) is 18.4 Å². The molecule has 1 unspecified atom stereocenters. The van der Waals surface area contributed by atoms with Crippen molar-refractivity contribution in [3.63, 3.8) is 0 Å². The number of rotatable bonds is 5. The number of benzene rings is 1. The Morgan fingerprint density at radius 1 is 1.41 bits per heavy atom. The quantitative estimate of drug-likeness (QED) is 0.834. The second-order valence-electron chi connectivity index (χ2n) is 4.86. The Kier molecular flexibility index (Phi) is 4.54. The van der Waals surface area contributed by atoms with Gasteiger partial charge in [0.25, 0.3) is 0 Å². The molecule has 1 heterocycles. The molecule has 3 nitrogen and oxygen atoms in total. The van der Waals surface area contributed by atoms with Crippen LogP contribution < -0.4 is 5.73 Å². The molecule has 0 aliphatic carbocycles. The Bertz CT molecular complexity index is 328. The van der Waals surface area contributed by atoms with Gasteiger partial charge in [-0.1, -0.05) is 30.3 Å². The van der Waals surface area contributed by atoms with Gasteiger partial charge >= 0.3 is 0 Å². The molecular weight excluding hydrogens is 212 g/mol. The fraction of sp³-hybridized carbons (Fsp3) is 0.571. The first-order valence-corrected chi connectivity index (χ1v) is 6.32. The van der Waals surface area contributed by atoms with Crippen molar-refractivity contribution in [2.45, 2.75) is 25.0 Å². The molecule has 0 spiro atoms. The number of nitrogens with two attached hydrogens (primary N) is 1. The SMILES string of the molecule is COC1CCN(C[C@H](N)Cc2ccccc2)C1. The number of methoxy groups -OCH3 is 1. The van der Waals surface area contributed by atoms with Crippen LogP contribution in [0.15, 0.2) is 30.3 Å². The number of nitrogens with zero attached hydrogens (tertiary/aromatic N) is 1. The Labute approximate surface area is 104 Å². The van der Waals surface area contributed by atoms with Crippen molar-refractivity contribution >= 4 is 0 Å². The highest BCUT2D eigenvalue weighted by molar-refractivity contribution is 5.15. The van der Waals surface area contributed by atoms with Crippen LogP contribution in [0.3, 0.4) is 0 Å². The van der Waals surface area contributed by atoms with E-state index in [2.05, 4.69) is 29.2 Å². The second-order valence-corrected chi connectivity index (χ2v) is 4.86. The summed E-state index contributed by atoms with van der Waals surface area (Å²) < 4.78 is 5.36. The fourth-order valence-corrected chi connectivity index (χ4v) is 2.47. The predicted octanol–water partition coefficient (Wildman–Crippen LogP) is 1.28. The molecule has 3 heteroatoms. The van der Waals surface area contributed by atoms with Gasteiger partial charge in [-0.25, -0.2) is 0 Å². The minimum atomic E-state index is 0.216. The van der Waals surface area contributed by atoms with Crippen molar-refractivity contribution in [2.24, 2.45) is 5.73 Å². The summed E-state index contributed by atoms with van der Waals surface area (Å²) in [6.07, 6.45) is 2.49. The Morgan fingerprint density at radius 2 is 2.18 bits per heavy atom. The molecule has 1 saturated heterocycles. The summed E-state index contributed by atoms with van der Waals surface area (Å²) in [6, 6.07) is 10.7. The third-order valence-electron chi connectivity index (χ3n) is 3.40.